The van der Waals surface area contributed by atoms with Gasteiger partial charge in [-0.05, 0) is 58.7 Å². The predicted octanol–water partition coefficient (Wildman–Crippen LogP) is 6.14. The summed E-state index contributed by atoms with van der Waals surface area (Å²) in [6.07, 6.45) is 2.07. The standard InChI is InChI=1S/C18H16BrClN2O2S/c1-2-3-8-24-15-7-4-11(9-13(15)19)17(23)22-18-21-14-6-5-12(20)10-16(14)25-18/h4-7,9-10H,2-3,8H2,1H3,(H,21,22,23). The molecular formula is C18H16BrClN2O2S. The summed E-state index contributed by atoms with van der Waals surface area (Å²) in [5, 5.41) is 4.02. The zero-order chi connectivity index (χ0) is 17.8. The van der Waals surface area contributed by atoms with Crippen LogP contribution in [0.5, 0.6) is 5.75 Å². The van der Waals surface area contributed by atoms with E-state index in [9.17, 15) is 4.79 Å². The summed E-state index contributed by atoms with van der Waals surface area (Å²) in [6, 6.07) is 10.7. The summed E-state index contributed by atoms with van der Waals surface area (Å²) in [7, 11) is 0. The van der Waals surface area contributed by atoms with Gasteiger partial charge in [-0.25, -0.2) is 4.98 Å². The summed E-state index contributed by atoms with van der Waals surface area (Å²) in [4.78, 5) is 16.9. The summed E-state index contributed by atoms with van der Waals surface area (Å²) in [6.45, 7) is 2.77. The molecule has 4 nitrogen and oxygen atoms in total. The van der Waals surface area contributed by atoms with E-state index in [1.165, 1.54) is 11.3 Å². The van der Waals surface area contributed by atoms with E-state index in [2.05, 4.69) is 33.2 Å². The Morgan fingerprint density at radius 2 is 2.16 bits per heavy atom. The molecule has 0 spiro atoms. The van der Waals surface area contributed by atoms with Gasteiger partial charge in [-0.3, -0.25) is 10.1 Å². The van der Waals surface area contributed by atoms with Gasteiger partial charge in [0.15, 0.2) is 5.13 Å². The second-order valence-electron chi connectivity index (χ2n) is 5.43. The Kier molecular flexibility index (Phi) is 5.93. The van der Waals surface area contributed by atoms with Gasteiger partial charge < -0.3 is 4.74 Å². The molecule has 0 unspecified atom stereocenters. The normalized spacial score (nSPS) is 10.8. The highest BCUT2D eigenvalue weighted by molar-refractivity contribution is 9.10. The van der Waals surface area contributed by atoms with Gasteiger partial charge in [0.1, 0.15) is 5.75 Å². The number of ether oxygens (including phenoxy) is 1. The number of nitrogens with zero attached hydrogens (tertiary/aromatic N) is 1. The van der Waals surface area contributed by atoms with Crippen LogP contribution in [0.25, 0.3) is 10.2 Å². The maximum atomic E-state index is 12.4. The molecule has 25 heavy (non-hydrogen) atoms. The van der Waals surface area contributed by atoms with Gasteiger partial charge in [0.2, 0.25) is 0 Å². The average Bonchev–Trinajstić information content (AvgIpc) is 2.97. The lowest BCUT2D eigenvalue weighted by molar-refractivity contribution is 0.102. The van der Waals surface area contributed by atoms with Gasteiger partial charge in [0, 0.05) is 10.6 Å². The number of fused-ring (bicyclic) bond motifs is 1. The Morgan fingerprint density at radius 3 is 2.92 bits per heavy atom. The van der Waals surface area contributed by atoms with Crippen LogP contribution in [0.4, 0.5) is 5.13 Å². The molecule has 7 heteroatoms. The fraction of sp³-hybridized carbons (Fsp3) is 0.222. The van der Waals surface area contributed by atoms with Crippen molar-refractivity contribution in [3.8, 4) is 5.75 Å². The van der Waals surface area contributed by atoms with Gasteiger partial charge >= 0.3 is 0 Å². The maximum Gasteiger partial charge on any atom is 0.257 e. The smallest absolute Gasteiger partial charge is 0.257 e. The average molecular weight is 440 g/mol. The quantitative estimate of drug-likeness (QED) is 0.469. The monoisotopic (exact) mass is 438 g/mol. The van der Waals surface area contributed by atoms with Crippen LogP contribution in [0.1, 0.15) is 30.1 Å². The van der Waals surface area contributed by atoms with Gasteiger partial charge in [0.05, 0.1) is 21.3 Å². The number of hydrogen-bond donors (Lipinski definition) is 1. The Balaban J connectivity index is 1.72. The van der Waals surface area contributed by atoms with Crippen LogP contribution >= 0.6 is 38.9 Å². The van der Waals surface area contributed by atoms with E-state index in [0.717, 1.165) is 33.3 Å². The van der Waals surface area contributed by atoms with E-state index in [1.54, 1.807) is 24.3 Å². The number of aromatic nitrogens is 1. The van der Waals surface area contributed by atoms with Crippen LogP contribution in [0.3, 0.4) is 0 Å². The molecule has 0 aliphatic heterocycles. The number of rotatable bonds is 6. The summed E-state index contributed by atoms with van der Waals surface area (Å²) in [5.74, 6) is 0.519. The zero-order valence-corrected chi connectivity index (χ0v) is 16.7. The molecule has 0 bridgehead atoms. The molecule has 2 aromatic carbocycles. The Morgan fingerprint density at radius 1 is 1.32 bits per heavy atom. The van der Waals surface area contributed by atoms with Crippen LogP contribution in [0, 0.1) is 0 Å². The molecule has 0 radical (unpaired) electrons. The Bertz CT molecular complexity index is 913. The first-order valence-electron chi connectivity index (χ1n) is 7.86. The Labute approximate surface area is 163 Å². The first kappa shape index (κ1) is 18.2. The zero-order valence-electron chi connectivity index (χ0n) is 13.5. The van der Waals surface area contributed by atoms with E-state index in [0.29, 0.717) is 22.3 Å². The number of benzene rings is 2. The third-order valence-corrected chi connectivity index (χ3v) is 5.31. The number of halogens is 2. The number of anilines is 1. The number of carbonyl (C=O) groups is 1. The highest BCUT2D eigenvalue weighted by Crippen LogP contribution is 2.30. The van der Waals surface area contributed by atoms with Crippen molar-refractivity contribution in [3.63, 3.8) is 0 Å². The minimum atomic E-state index is -0.217. The minimum Gasteiger partial charge on any atom is -0.492 e. The molecule has 3 rings (SSSR count). The van der Waals surface area contributed by atoms with Crippen molar-refractivity contribution in [2.75, 3.05) is 11.9 Å². The predicted molar refractivity (Wildman–Crippen MR) is 107 cm³/mol. The molecule has 1 amide bonds. The van der Waals surface area contributed by atoms with Crippen LogP contribution in [0.2, 0.25) is 5.02 Å². The first-order valence-corrected chi connectivity index (χ1v) is 9.85. The number of thiazole rings is 1. The first-order chi connectivity index (χ1) is 12.1. The highest BCUT2D eigenvalue weighted by Gasteiger charge is 2.12. The molecule has 0 saturated heterocycles. The van der Waals surface area contributed by atoms with Gasteiger partial charge in [-0.1, -0.05) is 36.3 Å². The molecule has 3 aromatic rings. The molecule has 130 valence electrons. The molecule has 1 heterocycles. The van der Waals surface area contributed by atoms with E-state index >= 15 is 0 Å². The molecule has 1 aromatic heterocycles. The topological polar surface area (TPSA) is 51.2 Å². The molecular weight excluding hydrogens is 424 g/mol. The van der Waals surface area contributed by atoms with E-state index < -0.39 is 0 Å². The van der Waals surface area contributed by atoms with Crippen molar-refractivity contribution >= 4 is 60.1 Å². The second kappa shape index (κ2) is 8.17. The van der Waals surface area contributed by atoms with E-state index in [4.69, 9.17) is 16.3 Å². The number of amides is 1. The third-order valence-electron chi connectivity index (χ3n) is 3.52. The van der Waals surface area contributed by atoms with E-state index in [-0.39, 0.29) is 5.91 Å². The SMILES string of the molecule is CCCCOc1ccc(C(=O)Nc2nc3ccc(Cl)cc3s2)cc1Br. The van der Waals surface area contributed by atoms with Crippen LogP contribution in [-0.2, 0) is 0 Å². The second-order valence-corrected chi connectivity index (χ2v) is 7.75. The largest absolute Gasteiger partial charge is 0.492 e. The van der Waals surface area contributed by atoms with Crippen molar-refractivity contribution in [1.82, 2.24) is 4.98 Å². The molecule has 0 aliphatic carbocycles. The Hall–Kier alpha value is -1.63. The minimum absolute atomic E-state index is 0.217. The van der Waals surface area contributed by atoms with Gasteiger partial charge in [0.25, 0.3) is 5.91 Å². The molecule has 0 aliphatic rings. The number of hydrogen-bond acceptors (Lipinski definition) is 4. The fourth-order valence-corrected chi connectivity index (χ4v) is 3.84. The lowest BCUT2D eigenvalue weighted by atomic mass is 10.2. The molecule has 0 saturated carbocycles. The summed E-state index contributed by atoms with van der Waals surface area (Å²) < 4.78 is 7.37. The highest BCUT2D eigenvalue weighted by atomic mass is 79.9. The summed E-state index contributed by atoms with van der Waals surface area (Å²) >= 11 is 10.8. The number of carbonyl (C=O) groups excluding carboxylic acids is 1. The van der Waals surface area contributed by atoms with Crippen LogP contribution in [0.15, 0.2) is 40.9 Å². The van der Waals surface area contributed by atoms with Gasteiger partial charge in [-0.15, -0.1) is 0 Å². The van der Waals surface area contributed by atoms with Gasteiger partial charge in [-0.2, -0.15) is 0 Å². The summed E-state index contributed by atoms with van der Waals surface area (Å²) in [5.41, 5.74) is 1.34. The number of unbranched alkanes of at least 4 members (excludes halogenated alkanes) is 1. The maximum absolute atomic E-state index is 12.4. The molecule has 1 N–H and O–H groups in total. The lowest BCUT2D eigenvalue weighted by Crippen LogP contribution is -2.11. The van der Waals surface area contributed by atoms with Crippen molar-refractivity contribution in [3.05, 3.63) is 51.5 Å². The van der Waals surface area contributed by atoms with Crippen LogP contribution < -0.4 is 10.1 Å². The van der Waals surface area contributed by atoms with Crippen molar-refractivity contribution in [1.29, 1.82) is 0 Å². The van der Waals surface area contributed by atoms with E-state index in [1.807, 2.05) is 12.1 Å². The number of nitrogens with one attached hydrogen (secondary N) is 1. The lowest BCUT2D eigenvalue weighted by Gasteiger charge is -2.09. The molecule has 0 atom stereocenters. The van der Waals surface area contributed by atoms with Crippen molar-refractivity contribution in [2.45, 2.75) is 19.8 Å². The van der Waals surface area contributed by atoms with Crippen molar-refractivity contribution < 1.29 is 9.53 Å². The van der Waals surface area contributed by atoms with Crippen molar-refractivity contribution in [2.24, 2.45) is 0 Å². The van der Waals surface area contributed by atoms with Crippen LogP contribution in [-0.4, -0.2) is 17.5 Å². The third kappa shape index (κ3) is 4.51. The molecule has 0 fully saturated rings. The fourth-order valence-electron chi connectivity index (χ4n) is 2.21.